The first-order valence-electron chi connectivity index (χ1n) is 9.41. The van der Waals surface area contributed by atoms with Crippen LogP contribution in [0.1, 0.15) is 17.3 Å². The maximum Gasteiger partial charge on any atom is 0.295 e. The summed E-state index contributed by atoms with van der Waals surface area (Å²) < 4.78 is 46.0. The van der Waals surface area contributed by atoms with Crippen LogP contribution >= 0.6 is 0 Å². The fourth-order valence-electron chi connectivity index (χ4n) is 3.26. The molecule has 0 aliphatic carbocycles. The van der Waals surface area contributed by atoms with Gasteiger partial charge in [-0.15, -0.1) is 0 Å². The highest BCUT2D eigenvalue weighted by Gasteiger charge is 2.32. The number of anilines is 1. The van der Waals surface area contributed by atoms with Gasteiger partial charge in [0, 0.05) is 26.2 Å². The molecule has 1 saturated heterocycles. The lowest BCUT2D eigenvalue weighted by Gasteiger charge is -2.34. The van der Waals surface area contributed by atoms with Gasteiger partial charge in [-0.25, -0.2) is 12.8 Å². The van der Waals surface area contributed by atoms with Crippen LogP contribution in [0.2, 0.25) is 0 Å². The molecule has 3 rings (SSSR count). The molecule has 1 aliphatic rings. The number of nitrogen functional groups attached to an aromatic ring is 1. The van der Waals surface area contributed by atoms with Crippen LogP contribution in [0, 0.1) is 15.9 Å². The highest BCUT2D eigenvalue weighted by Crippen LogP contribution is 2.28. The Balaban J connectivity index is 1.73. The van der Waals surface area contributed by atoms with Gasteiger partial charge in [-0.2, -0.15) is 4.31 Å². The van der Waals surface area contributed by atoms with Gasteiger partial charge in [0.1, 0.15) is 17.3 Å². The molecule has 166 valence electrons. The van der Waals surface area contributed by atoms with Gasteiger partial charge in [-0.1, -0.05) is 0 Å². The zero-order valence-corrected chi connectivity index (χ0v) is 17.5. The number of amides is 1. The Labute approximate surface area is 178 Å². The number of hydrogen-bond donors (Lipinski definition) is 1. The SMILES string of the molecule is CCOc1ccc(S(=O)(=O)N2CCN(C(=O)c3cc(F)cc([N+](=O)[O-])c3N)CC2)cc1. The average molecular weight is 452 g/mol. The van der Waals surface area contributed by atoms with Crippen molar-refractivity contribution in [2.45, 2.75) is 11.8 Å². The Hall–Kier alpha value is -3.25. The Morgan fingerprint density at radius 2 is 1.81 bits per heavy atom. The van der Waals surface area contributed by atoms with E-state index >= 15 is 0 Å². The van der Waals surface area contributed by atoms with Crippen molar-refractivity contribution in [2.24, 2.45) is 0 Å². The molecule has 2 aromatic rings. The first kappa shape index (κ1) is 22.4. The van der Waals surface area contributed by atoms with Crippen molar-refractivity contribution in [3.8, 4) is 5.75 Å². The van der Waals surface area contributed by atoms with Crippen LogP contribution < -0.4 is 10.5 Å². The molecule has 31 heavy (non-hydrogen) atoms. The second-order valence-corrected chi connectivity index (χ2v) is 8.68. The van der Waals surface area contributed by atoms with Gasteiger partial charge < -0.3 is 15.4 Å². The second-order valence-electron chi connectivity index (χ2n) is 6.74. The number of rotatable bonds is 6. The predicted octanol–water partition coefficient (Wildman–Crippen LogP) is 1.86. The zero-order valence-electron chi connectivity index (χ0n) is 16.7. The molecule has 10 nitrogen and oxygen atoms in total. The maximum atomic E-state index is 13.8. The quantitative estimate of drug-likeness (QED) is 0.401. The van der Waals surface area contributed by atoms with Crippen LogP contribution in [-0.2, 0) is 10.0 Å². The number of carbonyl (C=O) groups excluding carboxylic acids is 1. The van der Waals surface area contributed by atoms with Crippen molar-refractivity contribution in [1.29, 1.82) is 0 Å². The summed E-state index contributed by atoms with van der Waals surface area (Å²) in [7, 11) is -3.77. The van der Waals surface area contributed by atoms with Gasteiger partial charge in [0.05, 0.1) is 28.1 Å². The summed E-state index contributed by atoms with van der Waals surface area (Å²) >= 11 is 0. The number of hydrogen-bond acceptors (Lipinski definition) is 7. The summed E-state index contributed by atoms with van der Waals surface area (Å²) in [4.78, 5) is 24.3. The van der Waals surface area contributed by atoms with Crippen molar-refractivity contribution in [1.82, 2.24) is 9.21 Å². The fraction of sp³-hybridized carbons (Fsp3) is 0.316. The topological polar surface area (TPSA) is 136 Å². The first-order chi connectivity index (χ1) is 14.6. The number of halogens is 1. The lowest BCUT2D eigenvalue weighted by molar-refractivity contribution is -0.384. The number of nitro groups is 1. The monoisotopic (exact) mass is 452 g/mol. The van der Waals surface area contributed by atoms with Gasteiger partial charge in [0.2, 0.25) is 10.0 Å². The van der Waals surface area contributed by atoms with Gasteiger partial charge in [-0.05, 0) is 37.3 Å². The third kappa shape index (κ3) is 4.59. The minimum absolute atomic E-state index is 0.0125. The van der Waals surface area contributed by atoms with Crippen molar-refractivity contribution in [2.75, 3.05) is 38.5 Å². The summed E-state index contributed by atoms with van der Waals surface area (Å²) in [6.07, 6.45) is 0. The third-order valence-electron chi connectivity index (χ3n) is 4.85. The maximum absolute atomic E-state index is 13.8. The second kappa shape index (κ2) is 8.86. The Morgan fingerprint density at radius 3 is 2.35 bits per heavy atom. The molecule has 12 heteroatoms. The number of sulfonamides is 1. The van der Waals surface area contributed by atoms with Crippen LogP contribution in [0.25, 0.3) is 0 Å². The fourth-order valence-corrected chi connectivity index (χ4v) is 4.68. The van der Waals surface area contributed by atoms with E-state index < -0.39 is 38.0 Å². The molecule has 2 aromatic carbocycles. The predicted molar refractivity (Wildman–Crippen MR) is 110 cm³/mol. The number of nitrogens with two attached hydrogens (primary N) is 1. The molecule has 0 spiro atoms. The van der Waals surface area contributed by atoms with Gasteiger partial charge in [0.15, 0.2) is 0 Å². The largest absolute Gasteiger partial charge is 0.494 e. The number of carbonyl (C=O) groups is 1. The first-order valence-corrected chi connectivity index (χ1v) is 10.8. The molecule has 1 amide bonds. The minimum atomic E-state index is -3.77. The highest BCUT2D eigenvalue weighted by molar-refractivity contribution is 7.89. The number of benzene rings is 2. The molecule has 0 atom stereocenters. The van der Waals surface area contributed by atoms with E-state index in [-0.39, 0.29) is 36.6 Å². The summed E-state index contributed by atoms with van der Waals surface area (Å²) in [5, 5.41) is 11.0. The van der Waals surface area contributed by atoms with E-state index in [1.165, 1.54) is 21.3 Å². The highest BCUT2D eigenvalue weighted by atomic mass is 32.2. The van der Waals surface area contributed by atoms with Crippen molar-refractivity contribution < 1.29 is 27.3 Å². The Morgan fingerprint density at radius 1 is 1.19 bits per heavy atom. The van der Waals surface area contributed by atoms with E-state index in [0.717, 1.165) is 6.07 Å². The summed E-state index contributed by atoms with van der Waals surface area (Å²) in [6.45, 7) is 2.36. The molecule has 0 unspecified atom stereocenters. The van der Waals surface area contributed by atoms with E-state index in [0.29, 0.717) is 18.4 Å². The van der Waals surface area contributed by atoms with Crippen molar-refractivity contribution in [3.05, 3.63) is 57.9 Å². The standard InChI is InChI=1S/C19H21FN4O6S/c1-2-30-14-3-5-15(6-4-14)31(28,29)23-9-7-22(8-10-23)19(25)16-11-13(20)12-17(18(16)21)24(26)27/h3-6,11-12H,2,7-10,21H2,1H3. The third-order valence-corrected chi connectivity index (χ3v) is 6.76. The van der Waals surface area contributed by atoms with Crippen LogP contribution in [0.5, 0.6) is 5.75 Å². The molecule has 0 aromatic heterocycles. The summed E-state index contributed by atoms with van der Waals surface area (Å²) in [6, 6.07) is 7.52. The lowest BCUT2D eigenvalue weighted by Crippen LogP contribution is -2.50. The normalized spacial score (nSPS) is 15.0. The molecular weight excluding hydrogens is 431 g/mol. The average Bonchev–Trinajstić information content (AvgIpc) is 2.75. The van der Waals surface area contributed by atoms with E-state index in [4.69, 9.17) is 10.5 Å². The Bertz CT molecular complexity index is 1100. The van der Waals surface area contributed by atoms with Crippen LogP contribution in [-0.4, -0.2) is 61.2 Å². The Kier molecular flexibility index (Phi) is 6.41. The molecule has 2 N–H and O–H groups in total. The number of ether oxygens (including phenoxy) is 1. The number of nitro benzene ring substituents is 1. The molecule has 1 heterocycles. The lowest BCUT2D eigenvalue weighted by atomic mass is 10.1. The molecule has 1 fully saturated rings. The van der Waals surface area contributed by atoms with E-state index in [9.17, 15) is 27.7 Å². The van der Waals surface area contributed by atoms with Crippen LogP contribution in [0.4, 0.5) is 15.8 Å². The number of piperazine rings is 1. The van der Waals surface area contributed by atoms with Crippen molar-refractivity contribution >= 4 is 27.3 Å². The summed E-state index contributed by atoms with van der Waals surface area (Å²) in [5.41, 5.74) is 4.25. The van der Waals surface area contributed by atoms with Gasteiger partial charge >= 0.3 is 0 Å². The number of nitrogens with zero attached hydrogens (tertiary/aromatic N) is 3. The smallest absolute Gasteiger partial charge is 0.295 e. The molecule has 1 aliphatic heterocycles. The van der Waals surface area contributed by atoms with Crippen molar-refractivity contribution in [3.63, 3.8) is 0 Å². The van der Waals surface area contributed by atoms with Gasteiger partial charge in [0.25, 0.3) is 11.6 Å². The zero-order chi connectivity index (χ0) is 22.8. The minimum Gasteiger partial charge on any atom is -0.494 e. The summed E-state index contributed by atoms with van der Waals surface area (Å²) in [5.74, 6) is -1.10. The molecule has 0 saturated carbocycles. The van der Waals surface area contributed by atoms with Crippen LogP contribution in [0.15, 0.2) is 41.3 Å². The molecule has 0 bridgehead atoms. The van der Waals surface area contributed by atoms with Gasteiger partial charge in [-0.3, -0.25) is 14.9 Å². The van der Waals surface area contributed by atoms with E-state index in [1.54, 1.807) is 12.1 Å². The van der Waals surface area contributed by atoms with Crippen LogP contribution in [0.3, 0.4) is 0 Å². The van der Waals surface area contributed by atoms with E-state index in [1.807, 2.05) is 6.92 Å². The molecule has 0 radical (unpaired) electrons. The molecular formula is C19H21FN4O6S. The van der Waals surface area contributed by atoms with E-state index in [2.05, 4.69) is 0 Å².